The molecule has 1 atom stereocenters. The molecule has 7 nitrogen and oxygen atoms in total. The molecule has 0 aliphatic carbocycles. The fourth-order valence-corrected chi connectivity index (χ4v) is 3.83. The standard InChI is InChI=1S/C13H22N4O3S2/c1-10(15-22(3,19)20)13(18)17-6-4-16(5-7-17)8-12-9-21-11(2)14-12/h9-10,15H,4-8H2,1-3H3. The molecule has 1 amide bonds. The van der Waals surface area contributed by atoms with E-state index in [1.807, 2.05) is 6.92 Å². The van der Waals surface area contributed by atoms with Crippen molar-refractivity contribution in [3.05, 3.63) is 16.1 Å². The van der Waals surface area contributed by atoms with E-state index in [4.69, 9.17) is 0 Å². The number of hydrogen-bond acceptors (Lipinski definition) is 6. The van der Waals surface area contributed by atoms with Crippen LogP contribution in [-0.2, 0) is 21.4 Å². The maximum absolute atomic E-state index is 12.2. The van der Waals surface area contributed by atoms with Crippen LogP contribution in [0.3, 0.4) is 0 Å². The fourth-order valence-electron chi connectivity index (χ4n) is 2.48. The molecule has 1 fully saturated rings. The topological polar surface area (TPSA) is 82.6 Å². The van der Waals surface area contributed by atoms with E-state index in [2.05, 4.69) is 20.0 Å². The molecule has 1 N–H and O–H groups in total. The van der Waals surface area contributed by atoms with Crippen LogP contribution in [0.1, 0.15) is 17.6 Å². The van der Waals surface area contributed by atoms with Crippen LogP contribution in [0.4, 0.5) is 0 Å². The lowest BCUT2D eigenvalue weighted by atomic mass is 10.2. The molecule has 1 aliphatic rings. The van der Waals surface area contributed by atoms with Crippen molar-refractivity contribution in [2.24, 2.45) is 0 Å². The number of amides is 1. The summed E-state index contributed by atoms with van der Waals surface area (Å²) in [5.41, 5.74) is 1.06. The van der Waals surface area contributed by atoms with Crippen molar-refractivity contribution >= 4 is 27.3 Å². The largest absolute Gasteiger partial charge is 0.339 e. The number of piperazine rings is 1. The summed E-state index contributed by atoms with van der Waals surface area (Å²) in [7, 11) is -3.37. The molecule has 9 heteroatoms. The molecule has 0 saturated carbocycles. The molecule has 0 radical (unpaired) electrons. The van der Waals surface area contributed by atoms with Crippen LogP contribution in [0.25, 0.3) is 0 Å². The van der Waals surface area contributed by atoms with Gasteiger partial charge in [-0.1, -0.05) is 0 Å². The molecule has 1 aromatic heterocycles. The van der Waals surface area contributed by atoms with Gasteiger partial charge in [0.25, 0.3) is 0 Å². The molecule has 1 unspecified atom stereocenters. The highest BCUT2D eigenvalue weighted by molar-refractivity contribution is 7.88. The Morgan fingerprint density at radius 3 is 2.55 bits per heavy atom. The SMILES string of the molecule is Cc1nc(CN2CCN(C(=O)C(C)NS(C)(=O)=O)CC2)cs1. The second-order valence-electron chi connectivity index (χ2n) is 5.57. The van der Waals surface area contributed by atoms with Crippen LogP contribution in [0.5, 0.6) is 0 Å². The zero-order chi connectivity index (χ0) is 16.3. The zero-order valence-corrected chi connectivity index (χ0v) is 14.7. The van der Waals surface area contributed by atoms with E-state index < -0.39 is 16.1 Å². The first-order chi connectivity index (χ1) is 10.2. The molecule has 1 saturated heterocycles. The van der Waals surface area contributed by atoms with E-state index in [-0.39, 0.29) is 5.91 Å². The first-order valence-electron chi connectivity index (χ1n) is 7.14. The number of sulfonamides is 1. The summed E-state index contributed by atoms with van der Waals surface area (Å²) in [6, 6.07) is -0.720. The lowest BCUT2D eigenvalue weighted by Gasteiger charge is -2.35. The first-order valence-corrected chi connectivity index (χ1v) is 9.91. The molecular weight excluding hydrogens is 324 g/mol. The van der Waals surface area contributed by atoms with Crippen molar-refractivity contribution in [1.82, 2.24) is 19.5 Å². The molecule has 0 bridgehead atoms. The number of aromatic nitrogens is 1. The molecule has 1 aromatic rings. The first kappa shape index (κ1) is 17.3. The molecule has 1 aliphatic heterocycles. The van der Waals surface area contributed by atoms with Gasteiger partial charge in [0.05, 0.1) is 23.0 Å². The van der Waals surface area contributed by atoms with Gasteiger partial charge in [0.2, 0.25) is 15.9 Å². The monoisotopic (exact) mass is 346 g/mol. The summed E-state index contributed by atoms with van der Waals surface area (Å²) in [5, 5.41) is 3.12. The third kappa shape index (κ3) is 5.01. The van der Waals surface area contributed by atoms with Crippen molar-refractivity contribution in [3.63, 3.8) is 0 Å². The second kappa shape index (κ2) is 7.03. The number of thiazole rings is 1. The number of nitrogens with zero attached hydrogens (tertiary/aromatic N) is 3. The minimum absolute atomic E-state index is 0.172. The summed E-state index contributed by atoms with van der Waals surface area (Å²) in [6.45, 7) is 7.12. The molecule has 22 heavy (non-hydrogen) atoms. The fraction of sp³-hybridized carbons (Fsp3) is 0.692. The molecule has 0 aromatic carbocycles. The van der Waals surface area contributed by atoms with E-state index in [1.54, 1.807) is 23.2 Å². The Labute approximate surface area is 135 Å². The molecule has 2 heterocycles. The second-order valence-corrected chi connectivity index (χ2v) is 8.41. The Balaban J connectivity index is 1.82. The van der Waals surface area contributed by atoms with Gasteiger partial charge in [0, 0.05) is 38.1 Å². The number of carbonyl (C=O) groups is 1. The summed E-state index contributed by atoms with van der Waals surface area (Å²) < 4.78 is 24.7. The van der Waals surface area contributed by atoms with Gasteiger partial charge < -0.3 is 4.90 Å². The smallest absolute Gasteiger partial charge is 0.240 e. The van der Waals surface area contributed by atoms with Crippen LogP contribution in [0.15, 0.2) is 5.38 Å². The van der Waals surface area contributed by atoms with E-state index in [1.165, 1.54) is 0 Å². The molecule has 124 valence electrons. The molecular formula is C13H22N4O3S2. The highest BCUT2D eigenvalue weighted by Crippen LogP contribution is 2.12. The minimum atomic E-state index is -3.37. The third-order valence-corrected chi connectivity index (χ3v) is 5.10. The van der Waals surface area contributed by atoms with Crippen LogP contribution in [-0.4, -0.2) is 67.6 Å². The van der Waals surface area contributed by atoms with Crippen LogP contribution >= 0.6 is 11.3 Å². The normalized spacial score (nSPS) is 18.4. The number of carbonyl (C=O) groups excluding carboxylic acids is 1. The van der Waals surface area contributed by atoms with Gasteiger partial charge in [-0.3, -0.25) is 9.69 Å². The Hall–Kier alpha value is -1.03. The summed E-state index contributed by atoms with van der Waals surface area (Å²) in [5.74, 6) is -0.172. The number of hydrogen-bond donors (Lipinski definition) is 1. The number of nitrogens with one attached hydrogen (secondary N) is 1. The number of aryl methyl sites for hydroxylation is 1. The van der Waals surface area contributed by atoms with Crippen LogP contribution in [0.2, 0.25) is 0 Å². The molecule has 0 spiro atoms. The number of rotatable bonds is 5. The Bertz CT molecular complexity index is 621. The van der Waals surface area contributed by atoms with Crippen LogP contribution < -0.4 is 4.72 Å². The summed E-state index contributed by atoms with van der Waals surface area (Å²) in [4.78, 5) is 20.6. The predicted octanol–water partition coefficient (Wildman–Crippen LogP) is 0.0334. The van der Waals surface area contributed by atoms with E-state index in [0.29, 0.717) is 13.1 Å². The van der Waals surface area contributed by atoms with E-state index in [0.717, 1.165) is 36.6 Å². The average molecular weight is 346 g/mol. The Morgan fingerprint density at radius 1 is 1.41 bits per heavy atom. The minimum Gasteiger partial charge on any atom is -0.339 e. The highest BCUT2D eigenvalue weighted by Gasteiger charge is 2.26. The van der Waals surface area contributed by atoms with Crippen molar-refractivity contribution in [2.75, 3.05) is 32.4 Å². The predicted molar refractivity (Wildman–Crippen MR) is 86.1 cm³/mol. The summed E-state index contributed by atoms with van der Waals surface area (Å²) >= 11 is 1.64. The lowest BCUT2D eigenvalue weighted by molar-refractivity contribution is -0.134. The lowest BCUT2D eigenvalue weighted by Crippen LogP contribution is -2.53. The highest BCUT2D eigenvalue weighted by atomic mass is 32.2. The zero-order valence-electron chi connectivity index (χ0n) is 13.1. The average Bonchev–Trinajstić information content (AvgIpc) is 2.82. The maximum atomic E-state index is 12.2. The van der Waals surface area contributed by atoms with Gasteiger partial charge in [-0.15, -0.1) is 11.3 Å². The Morgan fingerprint density at radius 2 is 2.05 bits per heavy atom. The maximum Gasteiger partial charge on any atom is 0.240 e. The summed E-state index contributed by atoms with van der Waals surface area (Å²) in [6.07, 6.45) is 1.06. The van der Waals surface area contributed by atoms with E-state index >= 15 is 0 Å². The molecule has 2 rings (SSSR count). The van der Waals surface area contributed by atoms with Crippen molar-refractivity contribution in [2.45, 2.75) is 26.4 Å². The van der Waals surface area contributed by atoms with Crippen molar-refractivity contribution in [1.29, 1.82) is 0 Å². The quantitative estimate of drug-likeness (QED) is 0.814. The van der Waals surface area contributed by atoms with Gasteiger partial charge in [0.15, 0.2) is 0 Å². The van der Waals surface area contributed by atoms with Gasteiger partial charge in [-0.2, -0.15) is 0 Å². The Kier molecular flexibility index (Phi) is 5.54. The van der Waals surface area contributed by atoms with Gasteiger partial charge in [-0.25, -0.2) is 18.1 Å². The third-order valence-electron chi connectivity index (χ3n) is 3.50. The van der Waals surface area contributed by atoms with Crippen molar-refractivity contribution in [3.8, 4) is 0 Å². The van der Waals surface area contributed by atoms with Crippen LogP contribution in [0, 0.1) is 6.92 Å². The van der Waals surface area contributed by atoms with Crippen molar-refractivity contribution < 1.29 is 13.2 Å². The van der Waals surface area contributed by atoms with Gasteiger partial charge in [-0.05, 0) is 13.8 Å². The van der Waals surface area contributed by atoms with Gasteiger partial charge in [0.1, 0.15) is 0 Å². The van der Waals surface area contributed by atoms with Gasteiger partial charge >= 0.3 is 0 Å². The van der Waals surface area contributed by atoms with E-state index in [9.17, 15) is 13.2 Å².